The maximum Gasteiger partial charge on any atom is 0.331 e. The molecule has 0 saturated carbocycles. The smallest absolute Gasteiger partial charge is 0.331 e. The summed E-state index contributed by atoms with van der Waals surface area (Å²) in [5, 5.41) is 9.12. The third-order valence-corrected chi connectivity index (χ3v) is 2.80. The van der Waals surface area contributed by atoms with Gasteiger partial charge in [0.05, 0.1) is 0 Å². The third kappa shape index (κ3) is 1.54. The number of likely N-dealkylation sites (tertiary alicyclic amines) is 1. The number of carboxylic acids is 1. The molecule has 1 fully saturated rings. The predicted molar refractivity (Wildman–Crippen MR) is 52.1 cm³/mol. The van der Waals surface area contributed by atoms with Gasteiger partial charge >= 0.3 is 5.97 Å². The summed E-state index contributed by atoms with van der Waals surface area (Å²) < 4.78 is 0. The first-order valence-corrected chi connectivity index (χ1v) is 4.82. The van der Waals surface area contributed by atoms with Crippen LogP contribution in [0.15, 0.2) is 0 Å². The van der Waals surface area contributed by atoms with E-state index in [2.05, 4.69) is 0 Å². The van der Waals surface area contributed by atoms with Crippen molar-refractivity contribution in [3.05, 3.63) is 0 Å². The standard InChI is InChI=1S/C10H17NO3/c1-9(2,3)11-6-4-5-10(11,7-12)8(13)14/h7H,4-6H2,1-3H3,(H,13,14)/t10-/m0/s1. The van der Waals surface area contributed by atoms with Gasteiger partial charge in [0.1, 0.15) is 0 Å². The minimum Gasteiger partial charge on any atom is -0.480 e. The van der Waals surface area contributed by atoms with E-state index < -0.39 is 11.5 Å². The number of aldehydes is 1. The van der Waals surface area contributed by atoms with Crippen molar-refractivity contribution >= 4 is 12.3 Å². The summed E-state index contributed by atoms with van der Waals surface area (Å²) in [6.07, 6.45) is 1.76. The van der Waals surface area contributed by atoms with E-state index in [0.717, 1.165) is 6.42 Å². The van der Waals surface area contributed by atoms with Crippen molar-refractivity contribution in [2.24, 2.45) is 0 Å². The topological polar surface area (TPSA) is 57.6 Å². The molecule has 1 rings (SSSR count). The molecule has 4 nitrogen and oxygen atoms in total. The molecule has 0 spiro atoms. The molecule has 0 amide bonds. The number of nitrogens with zero attached hydrogens (tertiary/aromatic N) is 1. The molecule has 1 aliphatic rings. The Morgan fingerprint density at radius 2 is 2.07 bits per heavy atom. The van der Waals surface area contributed by atoms with E-state index in [1.165, 1.54) is 0 Å². The largest absolute Gasteiger partial charge is 0.480 e. The van der Waals surface area contributed by atoms with Gasteiger partial charge in [-0.1, -0.05) is 0 Å². The van der Waals surface area contributed by atoms with Crippen LogP contribution in [0.3, 0.4) is 0 Å². The lowest BCUT2D eigenvalue weighted by Crippen LogP contribution is -2.58. The van der Waals surface area contributed by atoms with Crippen molar-refractivity contribution in [3.8, 4) is 0 Å². The quantitative estimate of drug-likeness (QED) is 0.530. The molecule has 0 aliphatic carbocycles. The number of carbonyl (C=O) groups is 2. The summed E-state index contributed by atoms with van der Waals surface area (Å²) >= 11 is 0. The molecule has 1 heterocycles. The van der Waals surface area contributed by atoms with Crippen LogP contribution < -0.4 is 0 Å². The van der Waals surface area contributed by atoms with Gasteiger partial charge in [-0.25, -0.2) is 4.79 Å². The molecule has 14 heavy (non-hydrogen) atoms. The highest BCUT2D eigenvalue weighted by Crippen LogP contribution is 2.34. The van der Waals surface area contributed by atoms with Crippen LogP contribution in [0.2, 0.25) is 0 Å². The third-order valence-electron chi connectivity index (χ3n) is 2.80. The summed E-state index contributed by atoms with van der Waals surface area (Å²) in [6, 6.07) is 0. The minimum atomic E-state index is -1.29. The Hall–Kier alpha value is -0.900. The normalized spacial score (nSPS) is 29.1. The summed E-state index contributed by atoms with van der Waals surface area (Å²) in [5.41, 5.74) is -1.58. The van der Waals surface area contributed by atoms with E-state index >= 15 is 0 Å². The monoisotopic (exact) mass is 199 g/mol. The molecule has 0 radical (unpaired) electrons. The van der Waals surface area contributed by atoms with Crippen LogP contribution in [0, 0.1) is 0 Å². The Bertz CT molecular complexity index is 257. The van der Waals surface area contributed by atoms with Crippen LogP contribution in [-0.2, 0) is 9.59 Å². The molecule has 0 bridgehead atoms. The van der Waals surface area contributed by atoms with Gasteiger partial charge in [0.15, 0.2) is 11.8 Å². The SMILES string of the molecule is CC(C)(C)N1CCC[C@]1(C=O)C(=O)O. The zero-order chi connectivity index (χ0) is 11.0. The lowest BCUT2D eigenvalue weighted by molar-refractivity contribution is -0.155. The van der Waals surface area contributed by atoms with Crippen molar-refractivity contribution in [3.63, 3.8) is 0 Å². The van der Waals surface area contributed by atoms with Crippen LogP contribution >= 0.6 is 0 Å². The van der Waals surface area contributed by atoms with E-state index in [1.807, 2.05) is 20.8 Å². The second-order valence-electron chi connectivity index (χ2n) is 4.77. The highest BCUT2D eigenvalue weighted by atomic mass is 16.4. The Morgan fingerprint density at radius 3 is 2.36 bits per heavy atom. The molecule has 0 aromatic heterocycles. The van der Waals surface area contributed by atoms with Crippen LogP contribution in [-0.4, -0.2) is 39.9 Å². The molecule has 1 N–H and O–H groups in total. The molecular formula is C10H17NO3. The van der Waals surface area contributed by atoms with Crippen LogP contribution in [0.1, 0.15) is 33.6 Å². The van der Waals surface area contributed by atoms with E-state index in [0.29, 0.717) is 19.3 Å². The van der Waals surface area contributed by atoms with Gasteiger partial charge in [0, 0.05) is 12.1 Å². The van der Waals surface area contributed by atoms with Gasteiger partial charge in [-0.15, -0.1) is 0 Å². The first-order chi connectivity index (χ1) is 6.34. The summed E-state index contributed by atoms with van der Waals surface area (Å²) in [4.78, 5) is 23.9. The number of hydrogen-bond acceptors (Lipinski definition) is 3. The van der Waals surface area contributed by atoms with Crippen molar-refractivity contribution in [2.45, 2.75) is 44.7 Å². The first kappa shape index (κ1) is 11.2. The van der Waals surface area contributed by atoms with Crippen molar-refractivity contribution < 1.29 is 14.7 Å². The van der Waals surface area contributed by atoms with Gasteiger partial charge in [0.2, 0.25) is 0 Å². The average Bonchev–Trinajstić information content (AvgIpc) is 2.47. The van der Waals surface area contributed by atoms with Crippen molar-refractivity contribution in [1.82, 2.24) is 4.90 Å². The van der Waals surface area contributed by atoms with Crippen LogP contribution in [0.4, 0.5) is 0 Å². The predicted octanol–water partition coefficient (Wildman–Crippen LogP) is 0.903. The van der Waals surface area contributed by atoms with Gasteiger partial charge in [-0.05, 0) is 33.6 Å². The summed E-state index contributed by atoms with van der Waals surface area (Å²) in [5.74, 6) is -1.03. The zero-order valence-electron chi connectivity index (χ0n) is 8.91. The Morgan fingerprint density at radius 1 is 1.50 bits per heavy atom. The fourth-order valence-corrected chi connectivity index (χ4v) is 2.17. The molecule has 4 heteroatoms. The molecule has 1 saturated heterocycles. The van der Waals surface area contributed by atoms with Crippen molar-refractivity contribution in [2.75, 3.05) is 6.54 Å². The lowest BCUT2D eigenvalue weighted by atomic mass is 9.93. The molecule has 80 valence electrons. The Balaban J connectivity index is 3.07. The number of rotatable bonds is 2. The van der Waals surface area contributed by atoms with Gasteiger partial charge in [-0.3, -0.25) is 4.90 Å². The number of hydrogen-bond donors (Lipinski definition) is 1. The second-order valence-corrected chi connectivity index (χ2v) is 4.77. The summed E-state index contributed by atoms with van der Waals surface area (Å²) in [6.45, 7) is 6.47. The van der Waals surface area contributed by atoms with Crippen LogP contribution in [0.25, 0.3) is 0 Å². The van der Waals surface area contributed by atoms with Crippen molar-refractivity contribution in [1.29, 1.82) is 0 Å². The number of carbonyl (C=O) groups excluding carboxylic acids is 1. The molecule has 1 atom stereocenters. The molecule has 1 aliphatic heterocycles. The summed E-state index contributed by atoms with van der Waals surface area (Å²) in [7, 11) is 0. The number of aliphatic carboxylic acids is 1. The zero-order valence-corrected chi connectivity index (χ0v) is 8.91. The van der Waals surface area contributed by atoms with E-state index in [-0.39, 0.29) is 5.54 Å². The fourth-order valence-electron chi connectivity index (χ4n) is 2.17. The maximum absolute atomic E-state index is 11.1. The number of carboxylic acid groups (broad SMARTS) is 1. The molecule has 0 aromatic carbocycles. The molecule has 0 unspecified atom stereocenters. The highest BCUT2D eigenvalue weighted by molar-refractivity contribution is 5.97. The van der Waals surface area contributed by atoms with E-state index in [9.17, 15) is 9.59 Å². The highest BCUT2D eigenvalue weighted by Gasteiger charge is 2.51. The second kappa shape index (κ2) is 3.35. The fraction of sp³-hybridized carbons (Fsp3) is 0.800. The lowest BCUT2D eigenvalue weighted by Gasteiger charge is -2.40. The van der Waals surface area contributed by atoms with Gasteiger partial charge in [0.25, 0.3) is 0 Å². The van der Waals surface area contributed by atoms with E-state index in [4.69, 9.17) is 5.11 Å². The molecule has 0 aromatic rings. The first-order valence-electron chi connectivity index (χ1n) is 4.82. The molecular weight excluding hydrogens is 182 g/mol. The van der Waals surface area contributed by atoms with Gasteiger partial charge < -0.3 is 9.90 Å². The average molecular weight is 199 g/mol. The minimum absolute atomic E-state index is 0.282. The maximum atomic E-state index is 11.1. The Labute approximate surface area is 83.9 Å². The van der Waals surface area contributed by atoms with Crippen LogP contribution in [0.5, 0.6) is 0 Å². The van der Waals surface area contributed by atoms with Gasteiger partial charge in [-0.2, -0.15) is 0 Å². The van der Waals surface area contributed by atoms with E-state index in [1.54, 1.807) is 4.90 Å². The Kier molecular flexibility index (Phi) is 2.67.